The van der Waals surface area contributed by atoms with Crippen LogP contribution in [0.3, 0.4) is 0 Å². The molecule has 1 fully saturated rings. The summed E-state index contributed by atoms with van der Waals surface area (Å²) in [7, 11) is -1.80. The molecular formula is C16H26ClIN4O2S. The minimum Gasteiger partial charge on any atom is -0.355 e. The lowest BCUT2D eigenvalue weighted by atomic mass is 10.0. The first kappa shape index (κ1) is 22.5. The second-order valence-corrected chi connectivity index (χ2v) is 8.23. The van der Waals surface area contributed by atoms with Crippen LogP contribution in [0.2, 0.25) is 5.02 Å². The standard InChI is InChI=1S/C16H25ClN4O2S.HI/c1-13-5-4-10-21(12-13)16(18-2)19-8-9-20-24(22,23)15-7-3-6-14(17)11-15;/h3,6-7,11,13,20H,4-5,8-10,12H2,1-2H3,(H,18,19);1H. The van der Waals surface area contributed by atoms with Gasteiger partial charge in [-0.2, -0.15) is 0 Å². The molecule has 2 rings (SSSR count). The highest BCUT2D eigenvalue weighted by molar-refractivity contribution is 14.0. The summed E-state index contributed by atoms with van der Waals surface area (Å²) in [5.74, 6) is 1.47. The number of aliphatic imine (C=N–C) groups is 1. The van der Waals surface area contributed by atoms with Crippen LogP contribution < -0.4 is 10.0 Å². The summed E-state index contributed by atoms with van der Waals surface area (Å²) < 4.78 is 27.0. The van der Waals surface area contributed by atoms with Crippen LogP contribution in [0.4, 0.5) is 0 Å². The molecule has 142 valence electrons. The van der Waals surface area contributed by atoms with Crippen molar-refractivity contribution in [3.63, 3.8) is 0 Å². The Balaban J connectivity index is 0.00000312. The van der Waals surface area contributed by atoms with Gasteiger partial charge in [-0.1, -0.05) is 24.6 Å². The number of hydrogen-bond acceptors (Lipinski definition) is 3. The second-order valence-electron chi connectivity index (χ2n) is 6.02. The van der Waals surface area contributed by atoms with Crippen molar-refractivity contribution in [2.75, 3.05) is 33.2 Å². The van der Waals surface area contributed by atoms with Gasteiger partial charge in [0.05, 0.1) is 4.90 Å². The van der Waals surface area contributed by atoms with Crippen molar-refractivity contribution in [1.29, 1.82) is 0 Å². The predicted molar refractivity (Wildman–Crippen MR) is 113 cm³/mol. The van der Waals surface area contributed by atoms with Crippen molar-refractivity contribution in [3.05, 3.63) is 29.3 Å². The summed E-state index contributed by atoms with van der Waals surface area (Å²) in [4.78, 5) is 6.68. The fourth-order valence-corrected chi connectivity index (χ4v) is 4.12. The average molecular weight is 501 g/mol. The Kier molecular flexibility index (Phi) is 9.47. The fourth-order valence-electron chi connectivity index (χ4n) is 2.79. The fraction of sp³-hybridized carbons (Fsp3) is 0.562. The van der Waals surface area contributed by atoms with E-state index in [1.165, 1.54) is 18.6 Å². The van der Waals surface area contributed by atoms with Gasteiger partial charge >= 0.3 is 0 Å². The van der Waals surface area contributed by atoms with Crippen molar-refractivity contribution in [2.24, 2.45) is 10.9 Å². The van der Waals surface area contributed by atoms with Crippen molar-refractivity contribution in [3.8, 4) is 0 Å². The third-order valence-corrected chi connectivity index (χ3v) is 5.67. The zero-order valence-electron chi connectivity index (χ0n) is 14.5. The molecule has 1 aromatic carbocycles. The minimum atomic E-state index is -3.55. The molecule has 2 N–H and O–H groups in total. The van der Waals surface area contributed by atoms with Crippen LogP contribution in [0.1, 0.15) is 19.8 Å². The van der Waals surface area contributed by atoms with E-state index in [0.29, 0.717) is 17.5 Å². The van der Waals surface area contributed by atoms with Gasteiger partial charge < -0.3 is 10.2 Å². The first-order chi connectivity index (χ1) is 11.4. The van der Waals surface area contributed by atoms with Crippen LogP contribution in [-0.4, -0.2) is 52.5 Å². The van der Waals surface area contributed by atoms with E-state index >= 15 is 0 Å². The number of rotatable bonds is 5. The number of halogens is 2. The molecule has 25 heavy (non-hydrogen) atoms. The molecule has 1 saturated heterocycles. The van der Waals surface area contributed by atoms with Gasteiger partial charge in [0.2, 0.25) is 10.0 Å². The quantitative estimate of drug-likeness (QED) is 0.282. The van der Waals surface area contributed by atoms with Crippen LogP contribution in [-0.2, 0) is 10.0 Å². The molecule has 1 aromatic rings. The van der Waals surface area contributed by atoms with E-state index < -0.39 is 10.0 Å². The van der Waals surface area contributed by atoms with Gasteiger partial charge in [-0.3, -0.25) is 4.99 Å². The predicted octanol–water partition coefficient (Wildman–Crippen LogP) is 2.54. The lowest BCUT2D eigenvalue weighted by Gasteiger charge is -2.33. The summed E-state index contributed by atoms with van der Waals surface area (Å²) in [6, 6.07) is 6.22. The Bertz CT molecular complexity index is 684. The van der Waals surface area contributed by atoms with Gasteiger partial charge in [-0.15, -0.1) is 24.0 Å². The summed E-state index contributed by atoms with van der Waals surface area (Å²) in [5.41, 5.74) is 0. The number of likely N-dealkylation sites (tertiary alicyclic amines) is 1. The Morgan fingerprint density at radius 3 is 2.80 bits per heavy atom. The lowest BCUT2D eigenvalue weighted by molar-refractivity contribution is 0.266. The molecule has 1 atom stereocenters. The molecule has 0 spiro atoms. The zero-order valence-corrected chi connectivity index (χ0v) is 18.4. The van der Waals surface area contributed by atoms with Crippen LogP contribution in [0.25, 0.3) is 0 Å². The molecule has 0 radical (unpaired) electrons. The first-order valence-corrected chi connectivity index (χ1v) is 9.99. The smallest absolute Gasteiger partial charge is 0.240 e. The van der Waals surface area contributed by atoms with E-state index in [0.717, 1.165) is 25.5 Å². The molecule has 0 bridgehead atoms. The zero-order chi connectivity index (χ0) is 17.6. The number of hydrogen-bond donors (Lipinski definition) is 2. The molecule has 0 aliphatic carbocycles. The normalized spacial score (nSPS) is 18.6. The van der Waals surface area contributed by atoms with Crippen molar-refractivity contribution < 1.29 is 8.42 Å². The van der Waals surface area contributed by atoms with Crippen LogP contribution in [0, 0.1) is 5.92 Å². The Labute approximate surface area is 172 Å². The van der Waals surface area contributed by atoms with Gasteiger partial charge in [0, 0.05) is 38.2 Å². The third-order valence-electron chi connectivity index (χ3n) is 3.97. The molecule has 9 heteroatoms. The van der Waals surface area contributed by atoms with E-state index in [1.807, 2.05) is 0 Å². The number of piperidine rings is 1. The molecule has 1 aliphatic rings. The molecule has 0 amide bonds. The van der Waals surface area contributed by atoms with Crippen LogP contribution in [0.15, 0.2) is 34.2 Å². The van der Waals surface area contributed by atoms with Gasteiger partial charge in [-0.05, 0) is 37.0 Å². The summed E-state index contributed by atoms with van der Waals surface area (Å²) in [6.07, 6.45) is 2.40. The number of guanidine groups is 1. The van der Waals surface area contributed by atoms with Gasteiger partial charge in [-0.25, -0.2) is 13.1 Å². The van der Waals surface area contributed by atoms with Gasteiger partial charge in [0.1, 0.15) is 0 Å². The minimum absolute atomic E-state index is 0. The van der Waals surface area contributed by atoms with E-state index in [2.05, 4.69) is 26.9 Å². The van der Waals surface area contributed by atoms with Crippen molar-refractivity contribution in [2.45, 2.75) is 24.7 Å². The van der Waals surface area contributed by atoms with Crippen LogP contribution >= 0.6 is 35.6 Å². The van der Waals surface area contributed by atoms with E-state index in [4.69, 9.17) is 11.6 Å². The molecule has 0 aromatic heterocycles. The highest BCUT2D eigenvalue weighted by Crippen LogP contribution is 2.16. The van der Waals surface area contributed by atoms with Gasteiger partial charge in [0.15, 0.2) is 5.96 Å². The van der Waals surface area contributed by atoms with E-state index in [1.54, 1.807) is 19.2 Å². The topological polar surface area (TPSA) is 73.8 Å². The van der Waals surface area contributed by atoms with Crippen molar-refractivity contribution in [1.82, 2.24) is 14.9 Å². The van der Waals surface area contributed by atoms with E-state index in [-0.39, 0.29) is 35.4 Å². The summed E-state index contributed by atoms with van der Waals surface area (Å²) >= 11 is 5.84. The molecule has 1 unspecified atom stereocenters. The largest absolute Gasteiger partial charge is 0.355 e. The van der Waals surface area contributed by atoms with Crippen molar-refractivity contribution >= 4 is 51.6 Å². The highest BCUT2D eigenvalue weighted by atomic mass is 127. The number of nitrogens with zero attached hydrogens (tertiary/aromatic N) is 2. The molecule has 1 aliphatic heterocycles. The van der Waals surface area contributed by atoms with Crippen LogP contribution in [0.5, 0.6) is 0 Å². The third kappa shape index (κ3) is 6.92. The molecular weight excluding hydrogens is 475 g/mol. The second kappa shape index (κ2) is 10.5. The number of benzene rings is 1. The summed E-state index contributed by atoms with van der Waals surface area (Å²) in [5, 5.41) is 3.62. The monoisotopic (exact) mass is 500 g/mol. The van der Waals surface area contributed by atoms with E-state index in [9.17, 15) is 8.42 Å². The maximum Gasteiger partial charge on any atom is 0.240 e. The highest BCUT2D eigenvalue weighted by Gasteiger charge is 2.19. The Morgan fingerprint density at radius 1 is 1.40 bits per heavy atom. The average Bonchev–Trinajstić information content (AvgIpc) is 2.55. The maximum absolute atomic E-state index is 12.2. The number of sulfonamides is 1. The lowest BCUT2D eigenvalue weighted by Crippen LogP contribution is -2.47. The SMILES string of the molecule is CN=C(NCCNS(=O)(=O)c1cccc(Cl)c1)N1CCCC(C)C1.I. The Hall–Kier alpha value is -0.580. The molecule has 1 heterocycles. The molecule has 0 saturated carbocycles. The number of nitrogens with one attached hydrogen (secondary N) is 2. The first-order valence-electron chi connectivity index (χ1n) is 8.13. The summed E-state index contributed by atoms with van der Waals surface area (Å²) in [6.45, 7) is 4.94. The Morgan fingerprint density at radius 2 is 2.16 bits per heavy atom. The van der Waals surface area contributed by atoms with Gasteiger partial charge in [0.25, 0.3) is 0 Å². The molecule has 6 nitrogen and oxygen atoms in total. The maximum atomic E-state index is 12.2.